The van der Waals surface area contributed by atoms with Gasteiger partial charge in [0, 0.05) is 4.70 Å². The Morgan fingerprint density at radius 2 is 2.24 bits per heavy atom. The minimum Gasteiger partial charge on any atom is -0.333 e. The molecule has 0 saturated heterocycles. The molecule has 0 spiro atoms. The Hall–Kier alpha value is -1.79. The Balaban J connectivity index is 2.11. The fourth-order valence-electron chi connectivity index (χ4n) is 1.55. The van der Waals surface area contributed by atoms with Gasteiger partial charge in [0.2, 0.25) is 0 Å². The molecule has 0 saturated carbocycles. The first-order valence-electron chi connectivity index (χ1n) is 4.98. The van der Waals surface area contributed by atoms with Crippen LogP contribution in [0.1, 0.15) is 5.82 Å². The zero-order chi connectivity index (χ0) is 11.8. The first-order valence-corrected chi connectivity index (χ1v) is 5.80. The highest BCUT2D eigenvalue weighted by Gasteiger charge is 2.11. The number of hydrogen-bond acceptors (Lipinski definition) is 5. The van der Waals surface area contributed by atoms with Crippen molar-refractivity contribution in [2.45, 2.75) is 6.54 Å². The second-order valence-electron chi connectivity index (χ2n) is 3.51. The van der Waals surface area contributed by atoms with E-state index in [1.54, 1.807) is 6.07 Å². The molecule has 0 radical (unpaired) electrons. The molecule has 2 N–H and O–H groups in total. The van der Waals surface area contributed by atoms with Crippen molar-refractivity contribution in [2.75, 3.05) is 0 Å². The van der Waals surface area contributed by atoms with Crippen LogP contribution in [-0.4, -0.2) is 10.1 Å². The summed E-state index contributed by atoms with van der Waals surface area (Å²) in [4.78, 5) is 4.95. The van der Waals surface area contributed by atoms with Crippen molar-refractivity contribution in [1.82, 2.24) is 10.1 Å². The smallest absolute Gasteiger partial charge is 0.268 e. The summed E-state index contributed by atoms with van der Waals surface area (Å²) in [6.45, 7) is 0.239. The van der Waals surface area contributed by atoms with E-state index in [1.165, 1.54) is 23.5 Å². The molecule has 0 atom stereocenters. The standard InChI is InChI=1S/C11H8FN3OS/c12-7-2-1-6-3-9(17-8(6)4-7)11-14-10(5-13)15-16-11/h1-4H,5,13H2. The highest BCUT2D eigenvalue weighted by molar-refractivity contribution is 7.22. The molecule has 0 bridgehead atoms. The molecular weight excluding hydrogens is 241 g/mol. The van der Waals surface area contributed by atoms with Crippen LogP contribution < -0.4 is 5.73 Å². The van der Waals surface area contributed by atoms with Crippen molar-refractivity contribution < 1.29 is 8.91 Å². The SMILES string of the molecule is NCc1noc(-c2cc3ccc(F)cc3s2)n1. The number of benzene rings is 1. The highest BCUT2D eigenvalue weighted by atomic mass is 32.1. The lowest BCUT2D eigenvalue weighted by Crippen LogP contribution is -1.97. The van der Waals surface area contributed by atoms with Crippen LogP contribution in [0, 0.1) is 5.82 Å². The molecule has 0 aliphatic heterocycles. The number of halogens is 1. The summed E-state index contributed by atoms with van der Waals surface area (Å²) in [5, 5.41) is 4.68. The normalized spacial score (nSPS) is 11.2. The van der Waals surface area contributed by atoms with Gasteiger partial charge in [-0.3, -0.25) is 0 Å². The van der Waals surface area contributed by atoms with E-state index in [0.29, 0.717) is 11.7 Å². The van der Waals surface area contributed by atoms with Gasteiger partial charge in [-0.2, -0.15) is 4.98 Å². The molecule has 6 heteroatoms. The zero-order valence-corrected chi connectivity index (χ0v) is 9.50. The molecule has 0 aliphatic carbocycles. The molecule has 0 fully saturated rings. The van der Waals surface area contributed by atoms with E-state index in [0.717, 1.165) is 15.0 Å². The maximum absolute atomic E-state index is 13.0. The average molecular weight is 249 g/mol. The minimum atomic E-state index is -0.251. The largest absolute Gasteiger partial charge is 0.333 e. The Morgan fingerprint density at radius 1 is 1.35 bits per heavy atom. The first kappa shape index (κ1) is 10.4. The van der Waals surface area contributed by atoms with Crippen molar-refractivity contribution in [3.8, 4) is 10.8 Å². The molecule has 4 nitrogen and oxygen atoms in total. The Bertz CT molecular complexity index is 676. The van der Waals surface area contributed by atoms with E-state index in [9.17, 15) is 4.39 Å². The van der Waals surface area contributed by atoms with Crippen molar-refractivity contribution >= 4 is 21.4 Å². The highest BCUT2D eigenvalue weighted by Crippen LogP contribution is 2.32. The second-order valence-corrected chi connectivity index (χ2v) is 4.60. The zero-order valence-electron chi connectivity index (χ0n) is 8.68. The van der Waals surface area contributed by atoms with Gasteiger partial charge in [-0.15, -0.1) is 11.3 Å². The topological polar surface area (TPSA) is 64.9 Å². The number of aromatic nitrogens is 2. The Labute approximate surface area is 99.9 Å². The second kappa shape index (κ2) is 3.90. The van der Waals surface area contributed by atoms with Crippen LogP contribution in [-0.2, 0) is 6.54 Å². The summed E-state index contributed by atoms with van der Waals surface area (Å²) >= 11 is 1.41. The third kappa shape index (κ3) is 1.81. The molecular formula is C11H8FN3OS. The number of hydrogen-bond donors (Lipinski definition) is 1. The summed E-state index contributed by atoms with van der Waals surface area (Å²) in [6.07, 6.45) is 0. The lowest BCUT2D eigenvalue weighted by atomic mass is 10.2. The predicted octanol–water partition coefficient (Wildman–Crippen LogP) is 2.55. The molecule has 0 amide bonds. The fourth-order valence-corrected chi connectivity index (χ4v) is 2.56. The van der Waals surface area contributed by atoms with E-state index >= 15 is 0 Å². The van der Waals surface area contributed by atoms with Crippen LogP contribution in [0.25, 0.3) is 20.9 Å². The van der Waals surface area contributed by atoms with Crippen LogP contribution in [0.4, 0.5) is 4.39 Å². The van der Waals surface area contributed by atoms with Crippen molar-refractivity contribution in [1.29, 1.82) is 0 Å². The number of fused-ring (bicyclic) bond motifs is 1. The maximum atomic E-state index is 13.0. The average Bonchev–Trinajstić information content (AvgIpc) is 2.93. The van der Waals surface area contributed by atoms with Gasteiger partial charge in [0.25, 0.3) is 5.89 Å². The molecule has 2 aromatic heterocycles. The molecule has 86 valence electrons. The van der Waals surface area contributed by atoms with E-state index in [-0.39, 0.29) is 12.4 Å². The summed E-state index contributed by atoms with van der Waals surface area (Å²) in [7, 11) is 0. The lowest BCUT2D eigenvalue weighted by molar-refractivity contribution is 0.423. The predicted molar refractivity (Wildman–Crippen MR) is 63.0 cm³/mol. The van der Waals surface area contributed by atoms with Gasteiger partial charge >= 0.3 is 0 Å². The van der Waals surface area contributed by atoms with E-state index in [1.807, 2.05) is 6.07 Å². The Kier molecular flexibility index (Phi) is 2.38. The van der Waals surface area contributed by atoms with Crippen LogP contribution in [0.3, 0.4) is 0 Å². The van der Waals surface area contributed by atoms with Crippen molar-refractivity contribution in [3.63, 3.8) is 0 Å². The number of thiophene rings is 1. The van der Waals surface area contributed by atoms with Crippen LogP contribution in [0.5, 0.6) is 0 Å². The van der Waals surface area contributed by atoms with Gasteiger partial charge in [-0.05, 0) is 23.6 Å². The lowest BCUT2D eigenvalue weighted by Gasteiger charge is -1.86. The minimum absolute atomic E-state index is 0.239. The molecule has 3 aromatic rings. The first-order chi connectivity index (χ1) is 8.26. The molecule has 17 heavy (non-hydrogen) atoms. The summed E-state index contributed by atoms with van der Waals surface area (Å²) in [5.74, 6) is 0.634. The molecule has 2 heterocycles. The Morgan fingerprint density at radius 3 is 3.00 bits per heavy atom. The van der Waals surface area contributed by atoms with Gasteiger partial charge in [-0.1, -0.05) is 11.2 Å². The van der Waals surface area contributed by atoms with Crippen LogP contribution in [0.15, 0.2) is 28.8 Å². The number of nitrogens with zero attached hydrogens (tertiary/aromatic N) is 2. The van der Waals surface area contributed by atoms with Crippen LogP contribution >= 0.6 is 11.3 Å². The number of rotatable bonds is 2. The van der Waals surface area contributed by atoms with Gasteiger partial charge in [0.1, 0.15) is 5.82 Å². The summed E-state index contributed by atoms with van der Waals surface area (Å²) in [6, 6.07) is 6.54. The van der Waals surface area contributed by atoms with Gasteiger partial charge in [-0.25, -0.2) is 4.39 Å². The monoisotopic (exact) mass is 249 g/mol. The fraction of sp³-hybridized carbons (Fsp3) is 0.0909. The molecule has 0 unspecified atom stereocenters. The molecule has 1 aromatic carbocycles. The third-order valence-corrected chi connectivity index (χ3v) is 3.43. The summed E-state index contributed by atoms with van der Waals surface area (Å²) < 4.78 is 19.0. The quantitative estimate of drug-likeness (QED) is 0.758. The van der Waals surface area contributed by atoms with Gasteiger partial charge in [0.15, 0.2) is 5.82 Å². The third-order valence-electron chi connectivity index (χ3n) is 2.34. The van der Waals surface area contributed by atoms with Crippen molar-refractivity contribution in [3.05, 3.63) is 35.9 Å². The molecule has 3 rings (SSSR count). The maximum Gasteiger partial charge on any atom is 0.268 e. The van der Waals surface area contributed by atoms with E-state index in [2.05, 4.69) is 10.1 Å². The van der Waals surface area contributed by atoms with Gasteiger partial charge in [0.05, 0.1) is 11.4 Å². The number of nitrogens with two attached hydrogens (primary N) is 1. The van der Waals surface area contributed by atoms with Crippen molar-refractivity contribution in [2.24, 2.45) is 5.73 Å². The summed E-state index contributed by atoms with van der Waals surface area (Å²) in [5.41, 5.74) is 5.41. The van der Waals surface area contributed by atoms with Gasteiger partial charge < -0.3 is 10.3 Å². The molecule has 0 aliphatic rings. The van der Waals surface area contributed by atoms with Crippen LogP contribution in [0.2, 0.25) is 0 Å². The van der Waals surface area contributed by atoms with E-state index in [4.69, 9.17) is 10.3 Å². The van der Waals surface area contributed by atoms with E-state index < -0.39 is 0 Å².